The van der Waals surface area contributed by atoms with Crippen LogP contribution in [0.1, 0.15) is 17.2 Å². The lowest BCUT2D eigenvalue weighted by atomic mass is 9.95. The molecule has 1 heterocycles. The minimum atomic E-state index is -0.988. The second-order valence-corrected chi connectivity index (χ2v) is 7.34. The van der Waals surface area contributed by atoms with E-state index < -0.39 is 29.3 Å². The van der Waals surface area contributed by atoms with Crippen LogP contribution in [-0.2, 0) is 14.3 Å². The molecule has 1 unspecified atom stereocenters. The van der Waals surface area contributed by atoms with Crippen LogP contribution in [-0.4, -0.2) is 53.2 Å². The Morgan fingerprint density at radius 1 is 1.10 bits per heavy atom. The van der Waals surface area contributed by atoms with Crippen molar-refractivity contribution in [3.05, 3.63) is 75.0 Å². The van der Waals surface area contributed by atoms with Gasteiger partial charge in [-0.25, -0.2) is 4.39 Å². The molecule has 9 heteroatoms. The number of likely N-dealkylation sites (tertiary alicyclic amines) is 1. The van der Waals surface area contributed by atoms with E-state index >= 15 is 0 Å². The summed E-state index contributed by atoms with van der Waals surface area (Å²) in [5, 5.41) is 20.3. The molecule has 1 aliphatic rings. The molecule has 0 aliphatic carbocycles. The number of aliphatic hydroxyl groups excluding tert-OH is 2. The Kier molecular flexibility index (Phi) is 7.10. The zero-order valence-electron chi connectivity index (χ0n) is 15.6. The monoisotopic (exact) mass is 453 g/mol. The quantitative estimate of drug-likeness (QED) is 0.289. The van der Waals surface area contributed by atoms with Gasteiger partial charge in [-0.05, 0) is 42.0 Å². The van der Waals surface area contributed by atoms with Crippen molar-refractivity contribution in [2.75, 3.05) is 26.4 Å². The van der Waals surface area contributed by atoms with Crippen LogP contribution in [0.15, 0.2) is 48.0 Å². The van der Waals surface area contributed by atoms with Crippen molar-refractivity contribution in [2.24, 2.45) is 0 Å². The van der Waals surface area contributed by atoms with Crippen molar-refractivity contribution in [2.45, 2.75) is 6.04 Å². The summed E-state index contributed by atoms with van der Waals surface area (Å²) in [6.07, 6.45) is 0. The fraction of sp³-hybridized carbons (Fsp3) is 0.238. The molecule has 2 aromatic rings. The van der Waals surface area contributed by atoms with Gasteiger partial charge in [-0.15, -0.1) is 0 Å². The molecule has 1 saturated heterocycles. The summed E-state index contributed by atoms with van der Waals surface area (Å²) >= 11 is 12.3. The van der Waals surface area contributed by atoms with Crippen LogP contribution in [0, 0.1) is 5.82 Å². The Labute approximate surface area is 182 Å². The van der Waals surface area contributed by atoms with Crippen LogP contribution in [0.4, 0.5) is 4.39 Å². The number of ether oxygens (including phenoxy) is 1. The molecule has 0 bridgehead atoms. The van der Waals surface area contributed by atoms with Crippen LogP contribution in [0.5, 0.6) is 0 Å². The molecule has 1 atom stereocenters. The first kappa shape index (κ1) is 22.2. The van der Waals surface area contributed by atoms with Crippen molar-refractivity contribution < 1.29 is 28.9 Å². The lowest BCUT2D eigenvalue weighted by molar-refractivity contribution is -0.140. The minimum absolute atomic E-state index is 0.0222. The van der Waals surface area contributed by atoms with Gasteiger partial charge in [0.1, 0.15) is 11.6 Å². The van der Waals surface area contributed by atoms with Gasteiger partial charge in [0.05, 0.1) is 31.4 Å². The first-order valence-electron chi connectivity index (χ1n) is 9.03. The number of benzene rings is 2. The summed E-state index contributed by atoms with van der Waals surface area (Å²) < 4.78 is 18.5. The average molecular weight is 454 g/mol. The number of amides is 1. The lowest BCUT2D eigenvalue weighted by Crippen LogP contribution is -2.33. The van der Waals surface area contributed by atoms with Crippen molar-refractivity contribution in [1.82, 2.24) is 4.90 Å². The van der Waals surface area contributed by atoms with E-state index in [1.165, 1.54) is 23.1 Å². The standard InChI is InChI=1S/C21H18Cl2FNO5/c22-13-3-6-15(16(23)11-13)18-17(19(27)12-1-4-14(24)5-2-12)20(28)21(29)25(18)7-9-30-10-8-26/h1-6,11,18,26-27H,7-10H2. The maximum atomic E-state index is 13.3. The minimum Gasteiger partial charge on any atom is -0.507 e. The van der Waals surface area contributed by atoms with E-state index in [1.807, 2.05) is 0 Å². The van der Waals surface area contributed by atoms with Crippen molar-refractivity contribution >= 4 is 40.7 Å². The van der Waals surface area contributed by atoms with Crippen molar-refractivity contribution in [3.63, 3.8) is 0 Å². The van der Waals surface area contributed by atoms with Gasteiger partial charge in [0, 0.05) is 22.2 Å². The molecule has 2 aromatic carbocycles. The normalized spacial score (nSPS) is 18.3. The highest BCUT2D eigenvalue weighted by Crippen LogP contribution is 2.42. The van der Waals surface area contributed by atoms with Gasteiger partial charge in [0.15, 0.2) is 0 Å². The van der Waals surface area contributed by atoms with Crippen LogP contribution in [0.25, 0.3) is 5.76 Å². The topological polar surface area (TPSA) is 87.1 Å². The lowest BCUT2D eigenvalue weighted by Gasteiger charge is -2.26. The summed E-state index contributed by atoms with van der Waals surface area (Å²) in [7, 11) is 0. The molecule has 1 fully saturated rings. The molecule has 0 radical (unpaired) electrons. The number of aliphatic hydroxyl groups is 2. The van der Waals surface area contributed by atoms with E-state index in [4.69, 9.17) is 33.0 Å². The maximum Gasteiger partial charge on any atom is 0.295 e. The Balaban J connectivity index is 2.10. The fourth-order valence-corrected chi connectivity index (χ4v) is 3.76. The number of nitrogens with zero attached hydrogens (tertiary/aromatic N) is 1. The van der Waals surface area contributed by atoms with Gasteiger partial charge in [0.2, 0.25) is 0 Å². The molecule has 1 aliphatic heterocycles. The third-order valence-corrected chi connectivity index (χ3v) is 5.19. The second kappa shape index (κ2) is 9.57. The van der Waals surface area contributed by atoms with Crippen LogP contribution in [0.3, 0.4) is 0 Å². The van der Waals surface area contributed by atoms with Gasteiger partial charge >= 0.3 is 0 Å². The second-order valence-electron chi connectivity index (χ2n) is 6.50. The zero-order chi connectivity index (χ0) is 21.8. The molecule has 158 valence electrons. The maximum absolute atomic E-state index is 13.3. The molecule has 6 nitrogen and oxygen atoms in total. The summed E-state index contributed by atoms with van der Waals surface area (Å²) in [5.74, 6) is -2.68. The van der Waals surface area contributed by atoms with Crippen LogP contribution >= 0.6 is 23.2 Å². The van der Waals surface area contributed by atoms with Crippen LogP contribution in [0.2, 0.25) is 10.0 Å². The van der Waals surface area contributed by atoms with Gasteiger partial charge in [-0.2, -0.15) is 0 Å². The summed E-state index contributed by atoms with van der Waals surface area (Å²) in [5.41, 5.74) is 0.407. The number of carbonyl (C=O) groups excluding carboxylic acids is 2. The highest BCUT2D eigenvalue weighted by molar-refractivity contribution is 6.47. The number of hydrogen-bond donors (Lipinski definition) is 2. The molecule has 2 N–H and O–H groups in total. The molecule has 30 heavy (non-hydrogen) atoms. The SMILES string of the molecule is O=C1C(=O)N(CCOCCO)C(c2ccc(Cl)cc2Cl)C1=C(O)c1ccc(F)cc1. The van der Waals surface area contributed by atoms with E-state index in [2.05, 4.69) is 0 Å². The number of carbonyl (C=O) groups is 2. The van der Waals surface area contributed by atoms with Gasteiger partial charge in [0.25, 0.3) is 11.7 Å². The van der Waals surface area contributed by atoms with Crippen molar-refractivity contribution in [1.29, 1.82) is 0 Å². The summed E-state index contributed by atoms with van der Waals surface area (Å²) in [6.45, 7) is -0.0258. The fourth-order valence-electron chi connectivity index (χ4n) is 3.25. The number of Topliss-reactive ketones (excluding diaryl/α,β-unsaturated/α-hetero) is 1. The first-order chi connectivity index (χ1) is 14.3. The van der Waals surface area contributed by atoms with Gasteiger partial charge in [-0.1, -0.05) is 29.3 Å². The number of ketones is 1. The Morgan fingerprint density at radius 3 is 2.43 bits per heavy atom. The van der Waals surface area contributed by atoms with E-state index in [1.54, 1.807) is 12.1 Å². The van der Waals surface area contributed by atoms with E-state index in [0.29, 0.717) is 10.6 Å². The Bertz CT molecular complexity index is 993. The van der Waals surface area contributed by atoms with Crippen LogP contribution < -0.4 is 0 Å². The summed E-state index contributed by atoms with van der Waals surface area (Å²) in [4.78, 5) is 26.8. The third-order valence-electron chi connectivity index (χ3n) is 4.63. The molecule has 1 amide bonds. The van der Waals surface area contributed by atoms with E-state index in [-0.39, 0.29) is 42.5 Å². The first-order valence-corrected chi connectivity index (χ1v) is 9.78. The zero-order valence-corrected chi connectivity index (χ0v) is 17.2. The average Bonchev–Trinajstić information content (AvgIpc) is 2.96. The van der Waals surface area contributed by atoms with E-state index in [0.717, 1.165) is 12.1 Å². The molecule has 0 saturated carbocycles. The number of halogens is 3. The van der Waals surface area contributed by atoms with E-state index in [9.17, 15) is 19.1 Å². The third kappa shape index (κ3) is 4.49. The molecule has 3 rings (SSSR count). The highest BCUT2D eigenvalue weighted by Gasteiger charge is 2.46. The molecular weight excluding hydrogens is 436 g/mol. The Morgan fingerprint density at radius 2 is 1.80 bits per heavy atom. The molecule has 0 spiro atoms. The summed E-state index contributed by atoms with van der Waals surface area (Å²) in [6, 6.07) is 8.50. The molecular formula is C21H18Cl2FNO5. The van der Waals surface area contributed by atoms with Gasteiger partial charge in [-0.3, -0.25) is 9.59 Å². The number of hydrogen-bond acceptors (Lipinski definition) is 5. The predicted octanol–water partition coefficient (Wildman–Crippen LogP) is 3.56. The smallest absolute Gasteiger partial charge is 0.295 e. The highest BCUT2D eigenvalue weighted by atomic mass is 35.5. The predicted molar refractivity (Wildman–Crippen MR) is 110 cm³/mol. The largest absolute Gasteiger partial charge is 0.507 e. The number of rotatable bonds is 7. The Hall–Kier alpha value is -2.45. The van der Waals surface area contributed by atoms with Crippen molar-refractivity contribution in [3.8, 4) is 0 Å². The molecule has 0 aromatic heterocycles. The van der Waals surface area contributed by atoms with Gasteiger partial charge < -0.3 is 19.8 Å².